The van der Waals surface area contributed by atoms with Crippen molar-refractivity contribution in [2.75, 3.05) is 20.8 Å². The minimum absolute atomic E-state index is 0.0686. The van der Waals surface area contributed by atoms with Gasteiger partial charge in [0.05, 0.1) is 14.2 Å². The highest BCUT2D eigenvalue weighted by Gasteiger charge is 2.36. The molecule has 0 spiro atoms. The first-order valence-corrected chi connectivity index (χ1v) is 10.3. The molecule has 0 bridgehead atoms. The summed E-state index contributed by atoms with van der Waals surface area (Å²) in [4.78, 5) is 27.7. The van der Waals surface area contributed by atoms with E-state index >= 15 is 0 Å². The molecule has 1 N–H and O–H groups in total. The van der Waals surface area contributed by atoms with Crippen molar-refractivity contribution in [2.24, 2.45) is 5.92 Å². The van der Waals surface area contributed by atoms with E-state index in [1.54, 1.807) is 19.1 Å². The zero-order valence-electron chi connectivity index (χ0n) is 18.1. The Bertz CT molecular complexity index is 910. The fourth-order valence-electron chi connectivity index (χ4n) is 3.87. The number of nitrogens with one attached hydrogen (secondary N) is 1. The van der Waals surface area contributed by atoms with E-state index in [1.807, 2.05) is 42.5 Å². The van der Waals surface area contributed by atoms with E-state index < -0.39 is 6.04 Å². The van der Waals surface area contributed by atoms with Crippen molar-refractivity contribution < 1.29 is 19.1 Å². The molecule has 0 fully saturated rings. The highest BCUT2D eigenvalue weighted by atomic mass is 16.5. The molecule has 2 aromatic rings. The molecule has 0 radical (unpaired) electrons. The number of amides is 2. The molecule has 30 heavy (non-hydrogen) atoms. The first-order valence-electron chi connectivity index (χ1n) is 10.3. The maximum atomic E-state index is 13.1. The predicted octanol–water partition coefficient (Wildman–Crippen LogP) is 3.43. The topological polar surface area (TPSA) is 67.9 Å². The molecule has 6 nitrogen and oxygen atoms in total. The molecule has 1 aliphatic heterocycles. The fraction of sp³-hybridized carbons (Fsp3) is 0.417. The van der Waals surface area contributed by atoms with Gasteiger partial charge in [0.2, 0.25) is 5.91 Å². The van der Waals surface area contributed by atoms with E-state index in [9.17, 15) is 9.59 Å². The molecule has 0 aromatic heterocycles. The molecule has 160 valence electrons. The third-order valence-corrected chi connectivity index (χ3v) is 5.40. The minimum atomic E-state index is -0.489. The summed E-state index contributed by atoms with van der Waals surface area (Å²) in [5.74, 6) is 1.60. The maximum Gasteiger partial charge on any atom is 0.255 e. The largest absolute Gasteiger partial charge is 0.497 e. The van der Waals surface area contributed by atoms with Crippen molar-refractivity contribution in [1.82, 2.24) is 10.2 Å². The van der Waals surface area contributed by atoms with Crippen LogP contribution in [0.15, 0.2) is 42.5 Å². The van der Waals surface area contributed by atoms with Gasteiger partial charge < -0.3 is 19.7 Å². The Balaban J connectivity index is 1.68. The number of rotatable bonds is 9. The van der Waals surface area contributed by atoms with Crippen molar-refractivity contribution in [2.45, 2.75) is 39.3 Å². The molecule has 0 aliphatic carbocycles. The number of hydrogen-bond donors (Lipinski definition) is 1. The number of hydrogen-bond acceptors (Lipinski definition) is 4. The van der Waals surface area contributed by atoms with Gasteiger partial charge in [-0.25, -0.2) is 0 Å². The number of benzene rings is 2. The Morgan fingerprint density at radius 3 is 2.57 bits per heavy atom. The third kappa shape index (κ3) is 4.75. The van der Waals surface area contributed by atoms with E-state index in [0.717, 1.165) is 22.6 Å². The van der Waals surface area contributed by atoms with Crippen molar-refractivity contribution in [3.05, 3.63) is 59.2 Å². The van der Waals surface area contributed by atoms with Crippen molar-refractivity contribution >= 4 is 11.8 Å². The van der Waals surface area contributed by atoms with E-state index in [2.05, 4.69) is 19.2 Å². The van der Waals surface area contributed by atoms with E-state index in [1.165, 1.54) is 0 Å². The molecular weight excluding hydrogens is 380 g/mol. The number of nitrogens with zero attached hydrogens (tertiary/aromatic N) is 1. The summed E-state index contributed by atoms with van der Waals surface area (Å²) in [6.45, 7) is 5.06. The molecule has 1 heterocycles. The number of fused-ring (bicyclic) bond motifs is 1. The predicted molar refractivity (Wildman–Crippen MR) is 116 cm³/mol. The summed E-state index contributed by atoms with van der Waals surface area (Å²) in [5.41, 5.74) is 2.63. The Labute approximate surface area is 178 Å². The average Bonchev–Trinajstić information content (AvgIpc) is 3.08. The quantitative estimate of drug-likeness (QED) is 0.688. The van der Waals surface area contributed by atoms with Gasteiger partial charge >= 0.3 is 0 Å². The molecule has 1 atom stereocenters. The summed E-state index contributed by atoms with van der Waals surface area (Å²) in [6.07, 6.45) is 1.22. The lowest BCUT2D eigenvalue weighted by Gasteiger charge is -2.28. The number of carbonyl (C=O) groups excluding carboxylic acids is 2. The van der Waals surface area contributed by atoms with Gasteiger partial charge in [-0.2, -0.15) is 0 Å². The molecule has 0 saturated heterocycles. The van der Waals surface area contributed by atoms with Gasteiger partial charge in [-0.05, 0) is 54.2 Å². The average molecular weight is 411 g/mol. The van der Waals surface area contributed by atoms with Gasteiger partial charge in [0.1, 0.15) is 17.5 Å². The van der Waals surface area contributed by atoms with Gasteiger partial charge in [-0.3, -0.25) is 9.59 Å². The summed E-state index contributed by atoms with van der Waals surface area (Å²) in [7, 11) is 3.24. The molecule has 0 unspecified atom stereocenters. The zero-order chi connectivity index (χ0) is 21.7. The van der Waals surface area contributed by atoms with Gasteiger partial charge in [0.25, 0.3) is 5.91 Å². The Hall–Kier alpha value is -3.02. The van der Waals surface area contributed by atoms with Crippen LogP contribution in [0.3, 0.4) is 0 Å². The summed E-state index contributed by atoms with van der Waals surface area (Å²) in [5, 5.41) is 3.02. The van der Waals surface area contributed by atoms with Crippen LogP contribution in [-0.2, 0) is 17.8 Å². The lowest BCUT2D eigenvalue weighted by Crippen LogP contribution is -2.48. The number of ether oxygens (including phenoxy) is 2. The van der Waals surface area contributed by atoms with Crippen LogP contribution in [0.1, 0.15) is 41.8 Å². The van der Waals surface area contributed by atoms with Crippen LogP contribution in [0.5, 0.6) is 11.5 Å². The highest BCUT2D eigenvalue weighted by Crippen LogP contribution is 2.27. The summed E-state index contributed by atoms with van der Waals surface area (Å²) >= 11 is 0. The maximum absolute atomic E-state index is 13.1. The lowest BCUT2D eigenvalue weighted by atomic mass is 10.0. The fourth-order valence-corrected chi connectivity index (χ4v) is 3.87. The Kier molecular flexibility index (Phi) is 6.98. The zero-order valence-corrected chi connectivity index (χ0v) is 18.1. The molecule has 3 rings (SSSR count). The number of methoxy groups -OCH3 is 2. The van der Waals surface area contributed by atoms with Crippen molar-refractivity contribution in [3.63, 3.8) is 0 Å². The number of carbonyl (C=O) groups is 2. The monoisotopic (exact) mass is 410 g/mol. The van der Waals surface area contributed by atoms with Crippen molar-refractivity contribution in [1.29, 1.82) is 0 Å². The second kappa shape index (κ2) is 9.65. The Morgan fingerprint density at radius 2 is 1.90 bits per heavy atom. The van der Waals surface area contributed by atoms with Gasteiger partial charge in [-0.1, -0.05) is 32.0 Å². The van der Waals surface area contributed by atoms with Crippen molar-refractivity contribution in [3.8, 4) is 11.5 Å². The highest BCUT2D eigenvalue weighted by molar-refractivity contribution is 6.01. The van der Waals surface area contributed by atoms with Crippen LogP contribution in [0.25, 0.3) is 0 Å². The van der Waals surface area contributed by atoms with Crippen LogP contribution in [0, 0.1) is 5.92 Å². The van der Waals surface area contributed by atoms with E-state index in [4.69, 9.17) is 9.47 Å². The van der Waals surface area contributed by atoms with Crippen LogP contribution >= 0.6 is 0 Å². The normalized spacial score (nSPS) is 13.9. The smallest absolute Gasteiger partial charge is 0.255 e. The molecule has 2 amide bonds. The van der Waals surface area contributed by atoms with Crippen LogP contribution < -0.4 is 14.8 Å². The first-order chi connectivity index (χ1) is 14.4. The molecule has 1 aliphatic rings. The molecule has 2 aromatic carbocycles. The van der Waals surface area contributed by atoms with Crippen LogP contribution in [0.4, 0.5) is 0 Å². The van der Waals surface area contributed by atoms with Gasteiger partial charge in [0.15, 0.2) is 0 Å². The minimum Gasteiger partial charge on any atom is -0.497 e. The van der Waals surface area contributed by atoms with E-state index in [0.29, 0.717) is 31.5 Å². The summed E-state index contributed by atoms with van der Waals surface area (Å²) < 4.78 is 10.7. The molecular formula is C24H30N2O4. The lowest BCUT2D eigenvalue weighted by molar-refractivity contribution is -0.126. The van der Waals surface area contributed by atoms with Crippen LogP contribution in [-0.4, -0.2) is 43.5 Å². The van der Waals surface area contributed by atoms with Gasteiger partial charge in [0, 0.05) is 18.7 Å². The SMILES string of the molecule is COc1ccc(OC)c(CCNC(=O)[C@H](CC(C)C)N2Cc3ccccc3C2=O)c1. The Morgan fingerprint density at radius 1 is 1.13 bits per heavy atom. The second-order valence-electron chi connectivity index (χ2n) is 7.95. The second-order valence-corrected chi connectivity index (χ2v) is 7.95. The molecule has 0 saturated carbocycles. The molecule has 6 heteroatoms. The first kappa shape index (κ1) is 21.7. The third-order valence-electron chi connectivity index (χ3n) is 5.40. The summed E-state index contributed by atoms with van der Waals surface area (Å²) in [6, 6.07) is 12.7. The van der Waals surface area contributed by atoms with Crippen LogP contribution in [0.2, 0.25) is 0 Å². The van der Waals surface area contributed by atoms with E-state index in [-0.39, 0.29) is 17.7 Å². The standard InChI is InChI=1S/C24H30N2O4/c1-16(2)13-21(26-15-18-7-5-6-8-20(18)24(26)28)23(27)25-12-11-17-14-19(29-3)9-10-22(17)30-4/h5-10,14,16,21H,11-13,15H2,1-4H3,(H,25,27)/t21-/m0/s1. The van der Waals surface area contributed by atoms with Gasteiger partial charge in [-0.15, -0.1) is 0 Å².